The molecule has 0 atom stereocenters. The van der Waals surface area contributed by atoms with Gasteiger partial charge in [-0.15, -0.1) is 10.2 Å². The summed E-state index contributed by atoms with van der Waals surface area (Å²) in [6.07, 6.45) is 1.07. The van der Waals surface area contributed by atoms with Crippen molar-refractivity contribution in [3.63, 3.8) is 0 Å². The van der Waals surface area contributed by atoms with Gasteiger partial charge in [-0.2, -0.15) is 0 Å². The van der Waals surface area contributed by atoms with Gasteiger partial charge in [-0.05, 0) is 0 Å². The van der Waals surface area contributed by atoms with Crippen LogP contribution in [0.15, 0.2) is 47.5 Å². The molecule has 0 bridgehead atoms. The number of nitro groups is 2. The molecule has 1 aromatic heterocycles. The third-order valence-electron chi connectivity index (χ3n) is 3.26. The standard InChI is InChI=1S/C15H9N5O5S/c21-13-10(6-11(19(22)23)7-12(13)20(24)25)8-16-15-18-17-14(26-15)9-4-2-1-3-5-9/h1-8,21H. The molecule has 0 aliphatic rings. The van der Waals surface area contributed by atoms with Gasteiger partial charge >= 0.3 is 5.69 Å². The molecule has 0 saturated carbocycles. The lowest BCUT2D eigenvalue weighted by atomic mass is 10.1. The van der Waals surface area contributed by atoms with Crippen molar-refractivity contribution in [1.82, 2.24) is 10.2 Å². The maximum absolute atomic E-state index is 10.9. The molecule has 0 saturated heterocycles. The monoisotopic (exact) mass is 371 g/mol. The minimum absolute atomic E-state index is 0.164. The number of hydrogen-bond donors (Lipinski definition) is 1. The van der Waals surface area contributed by atoms with Gasteiger partial charge in [-0.1, -0.05) is 41.7 Å². The number of aliphatic imine (C=N–C) groups is 1. The van der Waals surface area contributed by atoms with E-state index in [1.165, 1.54) is 0 Å². The van der Waals surface area contributed by atoms with Crippen molar-refractivity contribution < 1.29 is 15.0 Å². The zero-order valence-electron chi connectivity index (χ0n) is 12.8. The molecule has 2 aromatic carbocycles. The van der Waals surface area contributed by atoms with E-state index in [9.17, 15) is 25.3 Å². The number of non-ortho nitro benzene ring substituents is 1. The Morgan fingerprint density at radius 2 is 1.81 bits per heavy atom. The Hall–Kier alpha value is -3.73. The fourth-order valence-electron chi connectivity index (χ4n) is 2.06. The van der Waals surface area contributed by atoms with Crippen LogP contribution >= 0.6 is 11.3 Å². The van der Waals surface area contributed by atoms with Gasteiger partial charge in [0.2, 0.25) is 10.9 Å². The van der Waals surface area contributed by atoms with Crippen LogP contribution in [0.2, 0.25) is 0 Å². The highest BCUT2D eigenvalue weighted by atomic mass is 32.1. The van der Waals surface area contributed by atoms with Crippen LogP contribution in [0.25, 0.3) is 10.6 Å². The van der Waals surface area contributed by atoms with E-state index >= 15 is 0 Å². The molecule has 0 radical (unpaired) electrons. The first-order valence-corrected chi connectivity index (χ1v) is 7.86. The second kappa shape index (κ2) is 7.03. The number of aromatic nitrogens is 2. The molecule has 0 aliphatic heterocycles. The summed E-state index contributed by atoms with van der Waals surface area (Å²) in [5.41, 5.74) is -0.622. The molecule has 0 spiro atoms. The van der Waals surface area contributed by atoms with Crippen molar-refractivity contribution in [2.45, 2.75) is 0 Å². The molecule has 130 valence electrons. The van der Waals surface area contributed by atoms with E-state index < -0.39 is 27.0 Å². The van der Waals surface area contributed by atoms with Gasteiger partial charge in [0, 0.05) is 23.4 Å². The van der Waals surface area contributed by atoms with Gasteiger partial charge in [0.25, 0.3) is 5.69 Å². The average Bonchev–Trinajstić information content (AvgIpc) is 3.10. The first kappa shape index (κ1) is 17.1. The van der Waals surface area contributed by atoms with Crippen LogP contribution in [0.1, 0.15) is 5.56 Å². The summed E-state index contributed by atoms with van der Waals surface area (Å²) in [5, 5.41) is 40.5. The Morgan fingerprint density at radius 3 is 2.46 bits per heavy atom. The topological polar surface area (TPSA) is 145 Å². The van der Waals surface area contributed by atoms with Crippen molar-refractivity contribution in [3.8, 4) is 16.3 Å². The number of aromatic hydroxyl groups is 1. The fraction of sp³-hybridized carbons (Fsp3) is 0. The molecule has 0 unspecified atom stereocenters. The number of hydrogen-bond acceptors (Lipinski definition) is 9. The Balaban J connectivity index is 1.95. The summed E-state index contributed by atoms with van der Waals surface area (Å²) < 4.78 is 0. The molecule has 3 rings (SSSR count). The van der Waals surface area contributed by atoms with Gasteiger partial charge in [0.15, 0.2) is 0 Å². The van der Waals surface area contributed by atoms with Gasteiger partial charge in [0.05, 0.1) is 15.9 Å². The molecule has 3 aromatic rings. The molecular weight excluding hydrogens is 362 g/mol. The fourth-order valence-corrected chi connectivity index (χ4v) is 2.75. The predicted octanol–water partition coefficient (Wildman–Crippen LogP) is 3.48. The summed E-state index contributed by atoms with van der Waals surface area (Å²) in [7, 11) is 0. The summed E-state index contributed by atoms with van der Waals surface area (Å²) in [6, 6.07) is 10.9. The maximum Gasteiger partial charge on any atom is 0.318 e. The van der Waals surface area contributed by atoms with E-state index in [-0.39, 0.29) is 10.7 Å². The quantitative estimate of drug-likeness (QED) is 0.410. The molecule has 0 aliphatic carbocycles. The first-order valence-electron chi connectivity index (χ1n) is 7.04. The Morgan fingerprint density at radius 1 is 1.08 bits per heavy atom. The van der Waals surface area contributed by atoms with E-state index in [4.69, 9.17) is 0 Å². The summed E-state index contributed by atoms with van der Waals surface area (Å²) in [4.78, 5) is 24.2. The Labute approximate surface area is 149 Å². The number of benzene rings is 2. The molecule has 0 amide bonds. The number of rotatable bonds is 5. The normalized spacial score (nSPS) is 10.9. The zero-order chi connectivity index (χ0) is 18.7. The van der Waals surface area contributed by atoms with Crippen LogP contribution in [0, 0.1) is 20.2 Å². The SMILES string of the molecule is O=[N+]([O-])c1cc(C=Nc2nnc(-c3ccccc3)s2)c(O)c([N+](=O)[O-])c1. The molecule has 1 N–H and O–H groups in total. The number of phenolic OH excluding ortho intramolecular Hbond substituents is 1. The van der Waals surface area contributed by atoms with Crippen LogP contribution in [0.5, 0.6) is 5.75 Å². The van der Waals surface area contributed by atoms with E-state index in [0.29, 0.717) is 11.1 Å². The summed E-state index contributed by atoms with van der Waals surface area (Å²) in [6.45, 7) is 0. The van der Waals surface area contributed by atoms with Crippen LogP contribution in [0.3, 0.4) is 0 Å². The van der Waals surface area contributed by atoms with Crippen molar-refractivity contribution in [2.75, 3.05) is 0 Å². The van der Waals surface area contributed by atoms with Gasteiger partial charge < -0.3 is 5.11 Å². The van der Waals surface area contributed by atoms with Crippen LogP contribution in [-0.4, -0.2) is 31.4 Å². The maximum atomic E-state index is 10.9. The van der Waals surface area contributed by atoms with Crippen LogP contribution < -0.4 is 0 Å². The second-order valence-electron chi connectivity index (χ2n) is 4.93. The van der Waals surface area contributed by atoms with Gasteiger partial charge in [-0.25, -0.2) is 4.99 Å². The lowest BCUT2D eigenvalue weighted by Crippen LogP contribution is -1.96. The smallest absolute Gasteiger partial charge is 0.318 e. The van der Waals surface area contributed by atoms with E-state index in [0.717, 1.165) is 29.2 Å². The number of phenols is 1. The highest BCUT2D eigenvalue weighted by Gasteiger charge is 2.23. The minimum Gasteiger partial charge on any atom is -0.502 e. The van der Waals surface area contributed by atoms with E-state index in [1.54, 1.807) is 0 Å². The van der Waals surface area contributed by atoms with Crippen molar-refractivity contribution in [3.05, 3.63) is 68.3 Å². The van der Waals surface area contributed by atoms with Gasteiger partial charge in [-0.3, -0.25) is 20.2 Å². The van der Waals surface area contributed by atoms with Gasteiger partial charge in [0.1, 0.15) is 5.01 Å². The molecule has 10 nitrogen and oxygen atoms in total. The molecule has 26 heavy (non-hydrogen) atoms. The van der Waals surface area contributed by atoms with Crippen LogP contribution in [0.4, 0.5) is 16.5 Å². The van der Waals surface area contributed by atoms with E-state index in [2.05, 4.69) is 15.2 Å². The molecule has 11 heteroatoms. The van der Waals surface area contributed by atoms with Crippen molar-refractivity contribution in [1.29, 1.82) is 0 Å². The largest absolute Gasteiger partial charge is 0.502 e. The Kier molecular flexibility index (Phi) is 4.62. The predicted molar refractivity (Wildman–Crippen MR) is 94.0 cm³/mol. The third kappa shape index (κ3) is 3.52. The average molecular weight is 371 g/mol. The number of nitro benzene ring substituents is 2. The summed E-state index contributed by atoms with van der Waals surface area (Å²) >= 11 is 1.16. The zero-order valence-corrected chi connectivity index (χ0v) is 13.7. The Bertz CT molecular complexity index is 1020. The van der Waals surface area contributed by atoms with Crippen LogP contribution in [-0.2, 0) is 0 Å². The molecule has 0 fully saturated rings. The highest BCUT2D eigenvalue weighted by Crippen LogP contribution is 2.34. The van der Waals surface area contributed by atoms with Crippen molar-refractivity contribution in [2.24, 2.45) is 4.99 Å². The van der Waals surface area contributed by atoms with Crippen molar-refractivity contribution >= 4 is 34.1 Å². The first-order chi connectivity index (χ1) is 12.5. The molecular formula is C15H9N5O5S. The molecule has 1 heterocycles. The highest BCUT2D eigenvalue weighted by molar-refractivity contribution is 7.18. The summed E-state index contributed by atoms with van der Waals surface area (Å²) in [5.74, 6) is -0.711. The lowest BCUT2D eigenvalue weighted by molar-refractivity contribution is -0.394. The number of nitrogens with zero attached hydrogens (tertiary/aromatic N) is 5. The lowest BCUT2D eigenvalue weighted by Gasteiger charge is -2.00. The van der Waals surface area contributed by atoms with E-state index in [1.807, 2.05) is 30.3 Å². The minimum atomic E-state index is -0.905. The third-order valence-corrected chi connectivity index (χ3v) is 4.14. The second-order valence-corrected chi connectivity index (χ2v) is 5.89.